The number of piperazine rings is 1. The van der Waals surface area contributed by atoms with Crippen LogP contribution in [-0.4, -0.2) is 37.9 Å². The lowest BCUT2D eigenvalue weighted by Crippen LogP contribution is -2.57. The van der Waals surface area contributed by atoms with Gasteiger partial charge < -0.3 is 5.32 Å². The molecule has 0 bridgehead atoms. The minimum Gasteiger partial charge on any atom is -0.311 e. The molecule has 2 unspecified atom stereocenters. The van der Waals surface area contributed by atoms with Gasteiger partial charge in [0.2, 0.25) is 10.0 Å². The lowest BCUT2D eigenvalue weighted by atomic mass is 10.1. The number of sulfonamides is 1. The van der Waals surface area contributed by atoms with Gasteiger partial charge in [0.05, 0.1) is 4.90 Å². The normalized spacial score (nSPS) is 26.2. The average Bonchev–Trinajstić information content (AvgIpc) is 2.32. The minimum absolute atomic E-state index is 0.0238. The molecule has 1 aromatic rings. The van der Waals surface area contributed by atoms with E-state index in [1.54, 1.807) is 22.5 Å². The number of nitrogens with zero attached hydrogens (tertiary/aromatic N) is 1. The first kappa shape index (κ1) is 13.5. The second-order valence-electron chi connectivity index (χ2n) is 4.92. The van der Waals surface area contributed by atoms with E-state index in [9.17, 15) is 8.42 Å². The van der Waals surface area contributed by atoms with Crippen molar-refractivity contribution in [3.63, 3.8) is 0 Å². The minimum atomic E-state index is -3.37. The first-order chi connectivity index (χ1) is 8.43. The molecular formula is C13H20N2O2S. The number of aryl methyl sites for hydroxylation is 1. The first-order valence-corrected chi connectivity index (χ1v) is 7.69. The Morgan fingerprint density at radius 1 is 1.33 bits per heavy atom. The number of rotatable bonds is 2. The van der Waals surface area contributed by atoms with Crippen LogP contribution in [0.2, 0.25) is 0 Å². The summed E-state index contributed by atoms with van der Waals surface area (Å²) in [6.45, 7) is 7.11. The zero-order valence-electron chi connectivity index (χ0n) is 11.1. The van der Waals surface area contributed by atoms with Crippen LogP contribution in [0.15, 0.2) is 29.2 Å². The third-order valence-corrected chi connectivity index (χ3v) is 5.55. The standard InChI is InChI=1S/C13H20N2O2S/c1-10-5-4-6-13(9-10)18(16,17)15-8-7-14-11(2)12(15)3/h4-6,9,11-12,14H,7-8H2,1-3H3. The third-order valence-electron chi connectivity index (χ3n) is 3.57. The number of benzene rings is 1. The second kappa shape index (κ2) is 4.99. The molecule has 1 saturated heterocycles. The molecule has 0 aromatic heterocycles. The van der Waals surface area contributed by atoms with E-state index in [1.807, 2.05) is 26.8 Å². The van der Waals surface area contributed by atoms with Crippen molar-refractivity contribution in [1.82, 2.24) is 9.62 Å². The van der Waals surface area contributed by atoms with Gasteiger partial charge in [0.1, 0.15) is 0 Å². The van der Waals surface area contributed by atoms with Crippen molar-refractivity contribution < 1.29 is 8.42 Å². The summed E-state index contributed by atoms with van der Waals surface area (Å²) in [4.78, 5) is 0.392. The Morgan fingerprint density at radius 3 is 2.72 bits per heavy atom. The van der Waals surface area contributed by atoms with Crippen LogP contribution in [0.1, 0.15) is 19.4 Å². The molecule has 0 radical (unpaired) electrons. The van der Waals surface area contributed by atoms with Gasteiger partial charge in [0.15, 0.2) is 0 Å². The fraction of sp³-hybridized carbons (Fsp3) is 0.538. The van der Waals surface area contributed by atoms with Crippen molar-refractivity contribution in [1.29, 1.82) is 0 Å². The van der Waals surface area contributed by atoms with Gasteiger partial charge in [-0.2, -0.15) is 4.31 Å². The van der Waals surface area contributed by atoms with Gasteiger partial charge in [0, 0.05) is 25.2 Å². The summed E-state index contributed by atoms with van der Waals surface area (Å²) in [6.07, 6.45) is 0. The fourth-order valence-electron chi connectivity index (χ4n) is 2.28. The predicted octanol–water partition coefficient (Wildman–Crippen LogP) is 1.37. The van der Waals surface area contributed by atoms with Crippen molar-refractivity contribution in [2.24, 2.45) is 0 Å². The van der Waals surface area contributed by atoms with E-state index < -0.39 is 10.0 Å². The van der Waals surface area contributed by atoms with Crippen LogP contribution in [0.5, 0.6) is 0 Å². The van der Waals surface area contributed by atoms with E-state index in [-0.39, 0.29) is 12.1 Å². The molecule has 0 saturated carbocycles. The molecular weight excluding hydrogens is 248 g/mol. The molecule has 5 heteroatoms. The Balaban J connectivity index is 2.36. The Morgan fingerprint density at radius 2 is 2.06 bits per heavy atom. The van der Waals surface area contributed by atoms with Crippen LogP contribution < -0.4 is 5.32 Å². The first-order valence-electron chi connectivity index (χ1n) is 6.25. The largest absolute Gasteiger partial charge is 0.311 e. The highest BCUT2D eigenvalue weighted by molar-refractivity contribution is 7.89. The average molecular weight is 268 g/mol. The van der Waals surface area contributed by atoms with E-state index in [2.05, 4.69) is 5.32 Å². The lowest BCUT2D eigenvalue weighted by molar-refractivity contribution is 0.233. The Hall–Kier alpha value is -0.910. The highest BCUT2D eigenvalue weighted by Gasteiger charge is 2.34. The Labute approximate surface area is 109 Å². The molecule has 4 nitrogen and oxygen atoms in total. The molecule has 2 atom stereocenters. The molecule has 2 rings (SSSR count). The highest BCUT2D eigenvalue weighted by atomic mass is 32.2. The van der Waals surface area contributed by atoms with Gasteiger partial charge in [-0.05, 0) is 38.5 Å². The molecule has 0 aliphatic carbocycles. The van der Waals surface area contributed by atoms with E-state index in [4.69, 9.17) is 0 Å². The predicted molar refractivity (Wildman–Crippen MR) is 72.0 cm³/mol. The van der Waals surface area contributed by atoms with Crippen LogP contribution in [0.25, 0.3) is 0 Å². The molecule has 1 fully saturated rings. The summed E-state index contributed by atoms with van der Waals surface area (Å²) < 4.78 is 26.8. The van der Waals surface area contributed by atoms with Crippen LogP contribution >= 0.6 is 0 Å². The van der Waals surface area contributed by atoms with E-state index in [0.29, 0.717) is 18.0 Å². The van der Waals surface area contributed by atoms with Gasteiger partial charge in [-0.1, -0.05) is 12.1 Å². The maximum atomic E-state index is 12.6. The molecule has 18 heavy (non-hydrogen) atoms. The molecule has 1 heterocycles. The van der Waals surface area contributed by atoms with E-state index >= 15 is 0 Å². The lowest BCUT2D eigenvalue weighted by Gasteiger charge is -2.37. The molecule has 100 valence electrons. The zero-order valence-corrected chi connectivity index (χ0v) is 11.9. The SMILES string of the molecule is Cc1cccc(S(=O)(=O)N2CCNC(C)C2C)c1. The van der Waals surface area contributed by atoms with Gasteiger partial charge in [-0.25, -0.2) is 8.42 Å². The zero-order chi connectivity index (χ0) is 13.3. The van der Waals surface area contributed by atoms with E-state index in [0.717, 1.165) is 5.56 Å². The molecule has 0 amide bonds. The van der Waals surface area contributed by atoms with Crippen LogP contribution in [0.3, 0.4) is 0 Å². The summed E-state index contributed by atoms with van der Waals surface area (Å²) in [6, 6.07) is 7.25. The fourth-order valence-corrected chi connectivity index (χ4v) is 4.08. The monoisotopic (exact) mass is 268 g/mol. The molecule has 0 spiro atoms. The van der Waals surface area contributed by atoms with Crippen molar-refractivity contribution in [3.8, 4) is 0 Å². The molecule has 1 aromatic carbocycles. The second-order valence-corrected chi connectivity index (χ2v) is 6.81. The summed E-state index contributed by atoms with van der Waals surface area (Å²) in [5, 5.41) is 3.29. The quantitative estimate of drug-likeness (QED) is 0.881. The smallest absolute Gasteiger partial charge is 0.243 e. The van der Waals surface area contributed by atoms with Gasteiger partial charge in [-0.3, -0.25) is 0 Å². The van der Waals surface area contributed by atoms with Crippen LogP contribution in [-0.2, 0) is 10.0 Å². The van der Waals surface area contributed by atoms with Crippen molar-refractivity contribution in [2.75, 3.05) is 13.1 Å². The van der Waals surface area contributed by atoms with Gasteiger partial charge in [-0.15, -0.1) is 0 Å². The summed E-state index contributed by atoms with van der Waals surface area (Å²) in [5.41, 5.74) is 0.965. The Bertz CT molecular complexity index is 528. The third kappa shape index (κ3) is 2.43. The van der Waals surface area contributed by atoms with Crippen LogP contribution in [0, 0.1) is 6.92 Å². The maximum Gasteiger partial charge on any atom is 0.243 e. The van der Waals surface area contributed by atoms with Crippen molar-refractivity contribution in [2.45, 2.75) is 37.8 Å². The highest BCUT2D eigenvalue weighted by Crippen LogP contribution is 2.21. The Kier molecular flexibility index (Phi) is 3.75. The van der Waals surface area contributed by atoms with Gasteiger partial charge in [0.25, 0.3) is 0 Å². The van der Waals surface area contributed by atoms with Crippen molar-refractivity contribution >= 4 is 10.0 Å². The number of hydrogen-bond acceptors (Lipinski definition) is 3. The van der Waals surface area contributed by atoms with Gasteiger partial charge >= 0.3 is 0 Å². The van der Waals surface area contributed by atoms with Crippen LogP contribution in [0.4, 0.5) is 0 Å². The number of nitrogens with one attached hydrogen (secondary N) is 1. The van der Waals surface area contributed by atoms with Crippen molar-refractivity contribution in [3.05, 3.63) is 29.8 Å². The summed E-state index contributed by atoms with van der Waals surface area (Å²) in [5.74, 6) is 0. The molecule has 1 aliphatic rings. The summed E-state index contributed by atoms with van der Waals surface area (Å²) in [7, 11) is -3.37. The molecule has 1 N–H and O–H groups in total. The van der Waals surface area contributed by atoms with E-state index in [1.165, 1.54) is 0 Å². The summed E-state index contributed by atoms with van der Waals surface area (Å²) >= 11 is 0. The maximum absolute atomic E-state index is 12.6. The topological polar surface area (TPSA) is 49.4 Å². The molecule has 1 aliphatic heterocycles. The number of hydrogen-bond donors (Lipinski definition) is 1.